The van der Waals surface area contributed by atoms with E-state index < -0.39 is 0 Å². The molecule has 3 aromatic heterocycles. The number of para-hydroxylation sites is 1. The number of hydrogen-bond acceptors (Lipinski definition) is 8. The molecule has 1 fully saturated rings. The number of nitrogens with zero attached hydrogens (tertiary/aromatic N) is 7. The molecule has 0 bridgehead atoms. The Hall–Kier alpha value is -3.14. The van der Waals surface area contributed by atoms with E-state index in [4.69, 9.17) is 4.98 Å². The number of tetrazole rings is 1. The largest absolute Gasteiger partial charge is 0.345 e. The molecule has 2 aromatic carbocycles. The van der Waals surface area contributed by atoms with E-state index in [-0.39, 0.29) is 6.04 Å². The van der Waals surface area contributed by atoms with Crippen molar-refractivity contribution in [3.05, 3.63) is 88.4 Å². The zero-order chi connectivity index (χ0) is 22.0. The lowest BCUT2D eigenvalue weighted by Gasteiger charge is -2.38. The number of thiophene rings is 1. The maximum Gasteiger partial charge on any atom is 0.186 e. The molecule has 1 atom stereocenters. The van der Waals surface area contributed by atoms with E-state index in [1.807, 2.05) is 10.7 Å². The summed E-state index contributed by atoms with van der Waals surface area (Å²) in [5.41, 5.74) is 2.27. The van der Waals surface area contributed by atoms with Crippen molar-refractivity contribution in [3.63, 3.8) is 0 Å². The average Bonchev–Trinajstić information content (AvgIpc) is 3.62. The zero-order valence-corrected chi connectivity index (χ0v) is 19.6. The molecule has 1 saturated heterocycles. The lowest BCUT2D eigenvalue weighted by molar-refractivity contribution is 0.204. The van der Waals surface area contributed by atoms with Gasteiger partial charge in [-0.25, -0.2) is 9.67 Å². The number of aromatic nitrogens is 5. The fraction of sp³-hybridized carbons (Fsp3) is 0.250. The van der Waals surface area contributed by atoms with Gasteiger partial charge in [0.15, 0.2) is 11.0 Å². The van der Waals surface area contributed by atoms with Crippen molar-refractivity contribution in [3.8, 4) is 0 Å². The first-order chi connectivity index (χ1) is 16.3. The van der Waals surface area contributed by atoms with Crippen LogP contribution in [0.4, 0.5) is 5.13 Å². The van der Waals surface area contributed by atoms with Gasteiger partial charge in [0.2, 0.25) is 0 Å². The minimum Gasteiger partial charge on any atom is -0.345 e. The third-order valence-electron chi connectivity index (χ3n) is 6.02. The van der Waals surface area contributed by atoms with E-state index in [2.05, 4.69) is 91.4 Å². The normalized spacial score (nSPS) is 15.8. The van der Waals surface area contributed by atoms with Crippen molar-refractivity contribution in [2.75, 3.05) is 31.1 Å². The first kappa shape index (κ1) is 20.5. The Morgan fingerprint density at radius 2 is 1.70 bits per heavy atom. The number of fused-ring (bicyclic) bond motifs is 1. The monoisotopic (exact) mass is 473 g/mol. The lowest BCUT2D eigenvalue weighted by atomic mass is 10.1. The molecule has 0 N–H and O–H groups in total. The number of anilines is 1. The van der Waals surface area contributed by atoms with E-state index in [1.165, 1.54) is 15.1 Å². The predicted octanol–water partition coefficient (Wildman–Crippen LogP) is 4.30. The van der Waals surface area contributed by atoms with Gasteiger partial charge in [-0.3, -0.25) is 4.90 Å². The summed E-state index contributed by atoms with van der Waals surface area (Å²) >= 11 is 3.54. The third kappa shape index (κ3) is 4.15. The molecule has 7 nitrogen and oxygen atoms in total. The molecule has 0 unspecified atom stereocenters. The van der Waals surface area contributed by atoms with E-state index in [0.717, 1.165) is 42.7 Å². The van der Waals surface area contributed by atoms with Crippen LogP contribution in [0.3, 0.4) is 0 Å². The summed E-state index contributed by atoms with van der Waals surface area (Å²) in [6.07, 6.45) is 0. The van der Waals surface area contributed by atoms with Gasteiger partial charge in [-0.05, 0) is 39.6 Å². The first-order valence-electron chi connectivity index (χ1n) is 11.0. The molecular weight excluding hydrogens is 450 g/mol. The topological polar surface area (TPSA) is 63.0 Å². The zero-order valence-electron chi connectivity index (χ0n) is 18.0. The average molecular weight is 474 g/mol. The van der Waals surface area contributed by atoms with Gasteiger partial charge in [-0.2, -0.15) is 0 Å². The fourth-order valence-corrected chi connectivity index (χ4v) is 6.23. The van der Waals surface area contributed by atoms with Crippen LogP contribution >= 0.6 is 22.7 Å². The number of rotatable bonds is 6. The fourth-order valence-electron chi connectivity index (χ4n) is 4.36. The van der Waals surface area contributed by atoms with E-state index in [9.17, 15) is 0 Å². The van der Waals surface area contributed by atoms with Crippen LogP contribution in [0.5, 0.6) is 0 Å². The summed E-state index contributed by atoms with van der Waals surface area (Å²) in [5, 5.41) is 16.1. The molecule has 0 saturated carbocycles. The molecule has 1 aliphatic heterocycles. The van der Waals surface area contributed by atoms with Gasteiger partial charge in [0, 0.05) is 31.1 Å². The quantitative estimate of drug-likeness (QED) is 0.366. The van der Waals surface area contributed by atoms with Crippen molar-refractivity contribution in [1.29, 1.82) is 0 Å². The maximum absolute atomic E-state index is 4.86. The van der Waals surface area contributed by atoms with Gasteiger partial charge >= 0.3 is 0 Å². The number of hydrogen-bond donors (Lipinski definition) is 0. The van der Waals surface area contributed by atoms with Gasteiger partial charge in [0.05, 0.1) is 16.8 Å². The van der Waals surface area contributed by atoms with Crippen molar-refractivity contribution in [2.24, 2.45) is 0 Å². The molecule has 1 aliphatic rings. The molecule has 0 amide bonds. The van der Waals surface area contributed by atoms with Gasteiger partial charge < -0.3 is 4.90 Å². The Kier molecular flexibility index (Phi) is 5.59. The smallest absolute Gasteiger partial charge is 0.186 e. The molecule has 33 heavy (non-hydrogen) atoms. The molecule has 166 valence electrons. The highest BCUT2D eigenvalue weighted by molar-refractivity contribution is 7.22. The molecule has 0 radical (unpaired) electrons. The Morgan fingerprint density at radius 3 is 2.48 bits per heavy atom. The van der Waals surface area contributed by atoms with Crippen LogP contribution in [-0.2, 0) is 6.54 Å². The maximum atomic E-state index is 4.86. The minimum absolute atomic E-state index is 0.0428. The van der Waals surface area contributed by atoms with Crippen molar-refractivity contribution >= 4 is 38.0 Å². The van der Waals surface area contributed by atoms with Crippen LogP contribution in [-0.4, -0.2) is 56.3 Å². The number of thiazole rings is 1. The summed E-state index contributed by atoms with van der Waals surface area (Å²) in [5.74, 6) is 0.898. The lowest BCUT2D eigenvalue weighted by Crippen LogP contribution is -2.48. The molecular formula is C24H23N7S2. The summed E-state index contributed by atoms with van der Waals surface area (Å²) in [6.45, 7) is 4.38. The van der Waals surface area contributed by atoms with E-state index >= 15 is 0 Å². The summed E-state index contributed by atoms with van der Waals surface area (Å²) in [7, 11) is 0. The summed E-state index contributed by atoms with van der Waals surface area (Å²) in [6, 6.07) is 23.1. The van der Waals surface area contributed by atoms with Crippen LogP contribution in [0.1, 0.15) is 22.3 Å². The highest BCUT2D eigenvalue weighted by Gasteiger charge is 2.32. The van der Waals surface area contributed by atoms with Crippen LogP contribution in [0.15, 0.2) is 72.1 Å². The second kappa shape index (κ2) is 9.01. The van der Waals surface area contributed by atoms with Crippen LogP contribution in [0, 0.1) is 0 Å². The Balaban J connectivity index is 1.24. The van der Waals surface area contributed by atoms with Crippen molar-refractivity contribution < 1.29 is 0 Å². The summed E-state index contributed by atoms with van der Waals surface area (Å²) < 4.78 is 3.19. The van der Waals surface area contributed by atoms with Crippen LogP contribution < -0.4 is 4.90 Å². The van der Waals surface area contributed by atoms with Gasteiger partial charge in [-0.1, -0.05) is 59.9 Å². The molecule has 0 aliphatic carbocycles. The Morgan fingerprint density at radius 1 is 0.879 bits per heavy atom. The van der Waals surface area contributed by atoms with Crippen LogP contribution in [0.2, 0.25) is 0 Å². The van der Waals surface area contributed by atoms with E-state index in [1.54, 1.807) is 22.7 Å². The first-order valence-corrected chi connectivity index (χ1v) is 12.7. The Bertz CT molecular complexity index is 1290. The summed E-state index contributed by atoms with van der Waals surface area (Å²) in [4.78, 5) is 11.0. The number of piperazine rings is 1. The SMILES string of the molecule is c1ccc(Cn2nnnc2[C@@H](c2cccs2)N2CCN(c3nc4ccccc4s3)CC2)cc1. The predicted molar refractivity (Wildman–Crippen MR) is 133 cm³/mol. The van der Waals surface area contributed by atoms with Crippen LogP contribution in [0.25, 0.3) is 10.2 Å². The molecule has 4 heterocycles. The van der Waals surface area contributed by atoms with Gasteiger partial charge in [0.25, 0.3) is 0 Å². The molecule has 5 aromatic rings. The standard InChI is InChI=1S/C24H23N7S2/c1-2-7-18(8-3-1)17-31-23(26-27-28-31)22(21-11-6-16-32-21)29-12-14-30(15-13-29)24-25-19-9-4-5-10-20(19)33-24/h1-11,16,22H,12-15,17H2/t22-/m1/s1. The molecule has 9 heteroatoms. The second-order valence-electron chi connectivity index (χ2n) is 8.09. The Labute approximate surface area is 199 Å². The minimum atomic E-state index is 0.0428. The second-order valence-corrected chi connectivity index (χ2v) is 10.1. The van der Waals surface area contributed by atoms with Gasteiger partial charge in [0.1, 0.15) is 6.04 Å². The third-order valence-corrected chi connectivity index (χ3v) is 8.05. The highest BCUT2D eigenvalue weighted by Crippen LogP contribution is 2.34. The highest BCUT2D eigenvalue weighted by atomic mass is 32.1. The molecule has 6 rings (SSSR count). The number of benzene rings is 2. The van der Waals surface area contributed by atoms with Crippen molar-refractivity contribution in [2.45, 2.75) is 12.6 Å². The molecule has 0 spiro atoms. The van der Waals surface area contributed by atoms with Gasteiger partial charge in [-0.15, -0.1) is 16.4 Å². The van der Waals surface area contributed by atoms with Crippen molar-refractivity contribution in [1.82, 2.24) is 30.1 Å². The van der Waals surface area contributed by atoms with E-state index in [0.29, 0.717) is 6.54 Å².